The minimum absolute atomic E-state index is 0.0501. The highest BCUT2D eigenvalue weighted by Gasteiger charge is 2.52. The Morgan fingerprint density at radius 1 is 1.09 bits per heavy atom. The van der Waals surface area contributed by atoms with Crippen LogP contribution in [0.2, 0.25) is 0 Å². The van der Waals surface area contributed by atoms with Gasteiger partial charge in [0, 0.05) is 31.2 Å². The SMILES string of the molecule is CC(C)(C)OC(=O)N1CCC(N2Cc3ccc(B4OC(C)(C)C(C)(C)O4)cc3C2=O)CC1. The summed E-state index contributed by atoms with van der Waals surface area (Å²) in [6.45, 7) is 15.5. The van der Waals surface area contributed by atoms with E-state index in [9.17, 15) is 9.59 Å². The number of hydrogen-bond donors (Lipinski definition) is 0. The van der Waals surface area contributed by atoms with Gasteiger partial charge >= 0.3 is 13.2 Å². The fraction of sp³-hybridized carbons (Fsp3) is 0.667. The van der Waals surface area contributed by atoms with Gasteiger partial charge in [-0.15, -0.1) is 0 Å². The van der Waals surface area contributed by atoms with Crippen molar-refractivity contribution in [2.45, 2.75) is 90.7 Å². The van der Waals surface area contributed by atoms with Crippen LogP contribution in [-0.4, -0.2) is 64.9 Å². The second-order valence-corrected chi connectivity index (χ2v) is 11.1. The number of hydrogen-bond acceptors (Lipinski definition) is 5. The first-order valence-corrected chi connectivity index (χ1v) is 11.5. The van der Waals surface area contributed by atoms with Crippen molar-refractivity contribution in [3.63, 3.8) is 0 Å². The first-order chi connectivity index (χ1) is 14.8. The van der Waals surface area contributed by atoms with Gasteiger partial charge in [-0.3, -0.25) is 4.79 Å². The van der Waals surface area contributed by atoms with Gasteiger partial charge in [0.2, 0.25) is 0 Å². The zero-order chi connectivity index (χ0) is 23.5. The molecule has 0 aromatic heterocycles. The third-order valence-electron chi connectivity index (χ3n) is 7.05. The number of carbonyl (C=O) groups excluding carboxylic acids is 2. The molecule has 0 unspecified atom stereocenters. The van der Waals surface area contributed by atoms with Crippen LogP contribution >= 0.6 is 0 Å². The number of amides is 2. The number of nitrogens with zero attached hydrogens (tertiary/aromatic N) is 2. The molecule has 0 spiro atoms. The average Bonchev–Trinajstić information content (AvgIpc) is 3.13. The third-order valence-corrected chi connectivity index (χ3v) is 7.05. The van der Waals surface area contributed by atoms with Crippen LogP contribution in [0.5, 0.6) is 0 Å². The molecule has 0 saturated carbocycles. The summed E-state index contributed by atoms with van der Waals surface area (Å²) in [4.78, 5) is 29.3. The van der Waals surface area contributed by atoms with E-state index in [1.165, 1.54) is 0 Å². The van der Waals surface area contributed by atoms with E-state index in [1.54, 1.807) is 4.90 Å². The number of fused-ring (bicyclic) bond motifs is 1. The van der Waals surface area contributed by atoms with Gasteiger partial charge in [-0.25, -0.2) is 4.79 Å². The van der Waals surface area contributed by atoms with E-state index in [4.69, 9.17) is 14.0 Å². The fourth-order valence-corrected chi connectivity index (χ4v) is 4.45. The number of benzene rings is 1. The van der Waals surface area contributed by atoms with Gasteiger partial charge in [0.25, 0.3) is 5.91 Å². The van der Waals surface area contributed by atoms with Crippen molar-refractivity contribution in [2.24, 2.45) is 0 Å². The molecule has 7 nitrogen and oxygen atoms in total. The third kappa shape index (κ3) is 4.27. The Bertz CT molecular complexity index is 899. The summed E-state index contributed by atoms with van der Waals surface area (Å²) in [7, 11) is -0.482. The van der Waals surface area contributed by atoms with Crippen molar-refractivity contribution in [3.8, 4) is 0 Å². The largest absolute Gasteiger partial charge is 0.494 e. The zero-order valence-electron chi connectivity index (χ0n) is 20.4. The van der Waals surface area contributed by atoms with Crippen LogP contribution in [0.15, 0.2) is 18.2 Å². The van der Waals surface area contributed by atoms with Crippen LogP contribution in [0.3, 0.4) is 0 Å². The molecule has 4 rings (SSSR count). The number of rotatable bonds is 2. The number of likely N-dealkylation sites (tertiary alicyclic amines) is 1. The molecule has 8 heteroatoms. The molecule has 32 heavy (non-hydrogen) atoms. The van der Waals surface area contributed by atoms with Crippen LogP contribution in [0.1, 0.15) is 77.2 Å². The lowest BCUT2D eigenvalue weighted by Gasteiger charge is -2.37. The van der Waals surface area contributed by atoms with Gasteiger partial charge in [-0.2, -0.15) is 0 Å². The van der Waals surface area contributed by atoms with E-state index in [2.05, 4.69) is 0 Å². The quantitative estimate of drug-likeness (QED) is 0.658. The summed E-state index contributed by atoms with van der Waals surface area (Å²) in [5, 5.41) is 0. The minimum Gasteiger partial charge on any atom is -0.444 e. The zero-order valence-corrected chi connectivity index (χ0v) is 20.4. The molecule has 3 aliphatic rings. The normalized spacial score (nSPS) is 23.0. The topological polar surface area (TPSA) is 68.3 Å². The Labute approximate surface area is 191 Å². The standard InChI is InChI=1S/C24H35BN2O5/c1-22(2,3)30-21(29)26-12-10-18(11-13-26)27-15-16-8-9-17(14-19(16)20(27)28)25-31-23(4,5)24(6,7)32-25/h8-9,14,18H,10-13,15H2,1-7H3. The summed E-state index contributed by atoms with van der Waals surface area (Å²) >= 11 is 0. The Morgan fingerprint density at radius 2 is 1.69 bits per heavy atom. The molecule has 0 N–H and O–H groups in total. The van der Waals surface area contributed by atoms with E-state index in [0.717, 1.165) is 29.4 Å². The van der Waals surface area contributed by atoms with Gasteiger partial charge in [0.1, 0.15) is 5.60 Å². The molecule has 1 aromatic rings. The Balaban J connectivity index is 1.41. The first-order valence-electron chi connectivity index (χ1n) is 11.5. The highest BCUT2D eigenvalue weighted by molar-refractivity contribution is 6.62. The van der Waals surface area contributed by atoms with Gasteiger partial charge in [-0.05, 0) is 78.4 Å². The lowest BCUT2D eigenvalue weighted by atomic mass is 9.78. The predicted molar refractivity (Wildman–Crippen MR) is 123 cm³/mol. The Morgan fingerprint density at radius 3 is 2.25 bits per heavy atom. The van der Waals surface area contributed by atoms with E-state index in [1.807, 2.05) is 71.6 Å². The van der Waals surface area contributed by atoms with E-state index < -0.39 is 23.9 Å². The molecule has 3 aliphatic heterocycles. The highest BCUT2D eigenvalue weighted by atomic mass is 16.7. The van der Waals surface area contributed by atoms with Crippen LogP contribution in [0.25, 0.3) is 0 Å². The summed E-state index contributed by atoms with van der Waals surface area (Å²) in [6, 6.07) is 6.07. The van der Waals surface area contributed by atoms with Crippen LogP contribution in [-0.2, 0) is 20.6 Å². The van der Waals surface area contributed by atoms with Crippen molar-refractivity contribution in [1.29, 1.82) is 0 Å². The van der Waals surface area contributed by atoms with Crippen molar-refractivity contribution in [3.05, 3.63) is 29.3 Å². The second-order valence-electron chi connectivity index (χ2n) is 11.1. The molecule has 1 aromatic carbocycles. The van der Waals surface area contributed by atoms with Crippen LogP contribution in [0.4, 0.5) is 4.79 Å². The van der Waals surface area contributed by atoms with Crippen LogP contribution in [0, 0.1) is 0 Å². The van der Waals surface area contributed by atoms with Gasteiger partial charge < -0.3 is 23.8 Å². The maximum Gasteiger partial charge on any atom is 0.494 e. The van der Waals surface area contributed by atoms with Crippen molar-refractivity contribution >= 4 is 24.6 Å². The van der Waals surface area contributed by atoms with Crippen molar-refractivity contribution in [1.82, 2.24) is 9.80 Å². The minimum atomic E-state index is -0.505. The highest BCUT2D eigenvalue weighted by Crippen LogP contribution is 2.37. The average molecular weight is 442 g/mol. The van der Waals surface area contributed by atoms with Gasteiger partial charge in [0.15, 0.2) is 0 Å². The molecular formula is C24H35BN2O5. The van der Waals surface area contributed by atoms with Gasteiger partial charge in [-0.1, -0.05) is 12.1 Å². The predicted octanol–water partition coefficient (Wildman–Crippen LogP) is 3.34. The second kappa shape index (κ2) is 7.77. The van der Waals surface area contributed by atoms with Crippen molar-refractivity contribution < 1.29 is 23.6 Å². The lowest BCUT2D eigenvalue weighted by molar-refractivity contribution is 0.00578. The molecule has 0 aliphatic carbocycles. The summed E-state index contributed by atoms with van der Waals surface area (Å²) in [5.74, 6) is 0.0501. The number of piperidine rings is 1. The Hall–Kier alpha value is -2.06. The number of carbonyl (C=O) groups is 2. The van der Waals surface area contributed by atoms with Gasteiger partial charge in [0.05, 0.1) is 11.2 Å². The van der Waals surface area contributed by atoms with Crippen molar-refractivity contribution in [2.75, 3.05) is 13.1 Å². The number of ether oxygens (including phenoxy) is 1. The molecule has 3 heterocycles. The van der Waals surface area contributed by atoms with E-state index in [0.29, 0.717) is 19.6 Å². The monoisotopic (exact) mass is 442 g/mol. The molecule has 0 radical (unpaired) electrons. The van der Waals surface area contributed by atoms with Crippen LogP contribution < -0.4 is 5.46 Å². The molecular weight excluding hydrogens is 407 g/mol. The Kier molecular flexibility index (Phi) is 5.61. The maximum absolute atomic E-state index is 13.3. The van der Waals surface area contributed by atoms with E-state index in [-0.39, 0.29) is 18.0 Å². The molecule has 2 saturated heterocycles. The first kappa shape index (κ1) is 23.1. The molecule has 0 atom stereocenters. The molecule has 0 bridgehead atoms. The lowest BCUT2D eigenvalue weighted by Crippen LogP contribution is -2.48. The summed E-state index contributed by atoms with van der Waals surface area (Å²) < 4.78 is 17.8. The molecule has 174 valence electrons. The summed E-state index contributed by atoms with van der Waals surface area (Å²) in [5.41, 5.74) is 1.29. The van der Waals surface area contributed by atoms with E-state index >= 15 is 0 Å². The molecule has 2 fully saturated rings. The molecule has 2 amide bonds. The maximum atomic E-state index is 13.3. The fourth-order valence-electron chi connectivity index (χ4n) is 4.45. The smallest absolute Gasteiger partial charge is 0.444 e. The summed E-state index contributed by atoms with van der Waals surface area (Å²) in [6.07, 6.45) is 1.23.